The molecule has 6 nitrogen and oxygen atoms in total. The number of fused-ring (bicyclic) bond motifs is 2. The van der Waals surface area contributed by atoms with Crippen LogP contribution in [0.1, 0.15) is 18.4 Å². The van der Waals surface area contributed by atoms with Crippen LogP contribution >= 0.6 is 0 Å². The zero-order valence-corrected chi connectivity index (χ0v) is 16.0. The van der Waals surface area contributed by atoms with Crippen LogP contribution in [0.5, 0.6) is 0 Å². The number of carbonyl (C=O) groups excluding carboxylic acids is 1. The van der Waals surface area contributed by atoms with Crippen LogP contribution in [0, 0.1) is 11.7 Å². The monoisotopic (exact) mass is 403 g/mol. The van der Waals surface area contributed by atoms with Gasteiger partial charge in [0, 0.05) is 19.1 Å². The quantitative estimate of drug-likeness (QED) is 0.805. The van der Waals surface area contributed by atoms with E-state index in [0.717, 1.165) is 12.8 Å². The third kappa shape index (κ3) is 3.88. The molecule has 1 saturated heterocycles. The molecule has 3 atom stereocenters. The van der Waals surface area contributed by atoms with Crippen LogP contribution < -0.4 is 10.0 Å². The summed E-state index contributed by atoms with van der Waals surface area (Å²) in [5, 5.41) is 2.81. The fraction of sp³-hybridized carbons (Fsp3) is 0.350. The van der Waals surface area contributed by atoms with Crippen LogP contribution in [-0.4, -0.2) is 38.0 Å². The zero-order chi connectivity index (χ0) is 19.7. The minimum absolute atomic E-state index is 0.170. The summed E-state index contributed by atoms with van der Waals surface area (Å²) in [7, 11) is -3.63. The van der Waals surface area contributed by atoms with Gasteiger partial charge in [-0.3, -0.25) is 0 Å². The number of nitrogens with zero attached hydrogens (tertiary/aromatic N) is 1. The number of piperidine rings is 1. The third-order valence-electron chi connectivity index (χ3n) is 5.44. The first-order valence-corrected chi connectivity index (χ1v) is 10.8. The van der Waals surface area contributed by atoms with Crippen molar-refractivity contribution in [3.8, 4) is 0 Å². The van der Waals surface area contributed by atoms with Crippen molar-refractivity contribution in [2.75, 3.05) is 6.54 Å². The number of sulfonamides is 1. The van der Waals surface area contributed by atoms with E-state index < -0.39 is 10.0 Å². The highest BCUT2D eigenvalue weighted by Gasteiger charge is 2.48. The number of nitrogens with one attached hydrogen (secondary N) is 2. The van der Waals surface area contributed by atoms with Gasteiger partial charge in [0.2, 0.25) is 10.0 Å². The molecule has 2 aromatic rings. The predicted octanol–water partition coefficient (Wildman–Crippen LogP) is 2.48. The molecular formula is C20H22FN3O3S. The number of hydrogen-bond donors (Lipinski definition) is 2. The van der Waals surface area contributed by atoms with Crippen LogP contribution in [-0.2, 0) is 16.6 Å². The lowest BCUT2D eigenvalue weighted by molar-refractivity contribution is 0.170. The molecular weight excluding hydrogens is 381 g/mol. The van der Waals surface area contributed by atoms with Crippen LogP contribution in [0.2, 0.25) is 0 Å². The number of carbonyl (C=O) groups is 1. The van der Waals surface area contributed by atoms with Gasteiger partial charge >= 0.3 is 6.03 Å². The maximum atomic E-state index is 13.3. The van der Waals surface area contributed by atoms with Crippen LogP contribution in [0.4, 0.5) is 9.18 Å². The van der Waals surface area contributed by atoms with Crippen molar-refractivity contribution < 1.29 is 17.6 Å². The minimum atomic E-state index is -3.63. The Hall–Kier alpha value is -2.45. The van der Waals surface area contributed by atoms with E-state index in [9.17, 15) is 17.6 Å². The van der Waals surface area contributed by atoms with Crippen molar-refractivity contribution in [3.05, 3.63) is 66.0 Å². The molecule has 2 amide bonds. The van der Waals surface area contributed by atoms with Gasteiger partial charge in [-0.15, -0.1) is 0 Å². The molecule has 1 heterocycles. The van der Waals surface area contributed by atoms with E-state index >= 15 is 0 Å². The van der Waals surface area contributed by atoms with Crippen molar-refractivity contribution in [2.45, 2.75) is 36.4 Å². The van der Waals surface area contributed by atoms with Gasteiger partial charge in [0.05, 0.1) is 10.9 Å². The normalized spacial score (nSPS) is 23.8. The van der Waals surface area contributed by atoms with Crippen molar-refractivity contribution in [3.63, 3.8) is 0 Å². The molecule has 0 unspecified atom stereocenters. The minimum Gasteiger partial charge on any atom is -0.334 e. The van der Waals surface area contributed by atoms with E-state index in [-0.39, 0.29) is 41.3 Å². The summed E-state index contributed by atoms with van der Waals surface area (Å²) in [6.07, 6.45) is 1.51. The van der Waals surface area contributed by atoms with Crippen LogP contribution in [0.15, 0.2) is 59.5 Å². The Morgan fingerprint density at radius 3 is 2.61 bits per heavy atom. The molecule has 0 aromatic heterocycles. The lowest BCUT2D eigenvalue weighted by Crippen LogP contribution is -2.54. The second-order valence-corrected chi connectivity index (χ2v) is 9.10. The maximum absolute atomic E-state index is 13.3. The number of likely N-dealkylation sites (tertiary alicyclic amines) is 1. The van der Waals surface area contributed by atoms with Crippen molar-refractivity contribution >= 4 is 16.1 Å². The first-order chi connectivity index (χ1) is 13.4. The van der Waals surface area contributed by atoms with Crippen molar-refractivity contribution in [1.29, 1.82) is 0 Å². The topological polar surface area (TPSA) is 78.5 Å². The van der Waals surface area contributed by atoms with E-state index in [4.69, 9.17) is 0 Å². The number of amides is 2. The van der Waals surface area contributed by atoms with Crippen molar-refractivity contribution in [1.82, 2.24) is 14.9 Å². The number of rotatable bonds is 5. The number of hydrogen-bond acceptors (Lipinski definition) is 3. The second-order valence-electron chi connectivity index (χ2n) is 7.39. The molecule has 2 N–H and O–H groups in total. The van der Waals surface area contributed by atoms with Gasteiger partial charge in [-0.05, 0) is 48.6 Å². The first-order valence-electron chi connectivity index (χ1n) is 9.29. The van der Waals surface area contributed by atoms with E-state index in [1.54, 1.807) is 47.4 Å². The Labute approximate surface area is 163 Å². The lowest BCUT2D eigenvalue weighted by atomic mass is 10.1. The summed E-state index contributed by atoms with van der Waals surface area (Å²) in [6, 6.07) is 13.6. The van der Waals surface area contributed by atoms with E-state index in [1.807, 2.05) is 0 Å². The Morgan fingerprint density at radius 1 is 1.11 bits per heavy atom. The molecule has 2 bridgehead atoms. The highest BCUT2D eigenvalue weighted by atomic mass is 32.2. The Morgan fingerprint density at radius 2 is 1.89 bits per heavy atom. The van der Waals surface area contributed by atoms with Crippen LogP contribution in [0.3, 0.4) is 0 Å². The molecule has 4 rings (SSSR count). The maximum Gasteiger partial charge on any atom is 0.317 e. The van der Waals surface area contributed by atoms with Gasteiger partial charge in [-0.25, -0.2) is 22.3 Å². The van der Waals surface area contributed by atoms with Gasteiger partial charge in [-0.1, -0.05) is 30.3 Å². The molecule has 2 fully saturated rings. The van der Waals surface area contributed by atoms with Gasteiger partial charge in [-0.2, -0.15) is 0 Å². The summed E-state index contributed by atoms with van der Waals surface area (Å²) in [6.45, 7) is 0.841. The highest BCUT2D eigenvalue weighted by Crippen LogP contribution is 2.38. The molecule has 2 aliphatic rings. The molecule has 148 valence electrons. The van der Waals surface area contributed by atoms with Gasteiger partial charge in [0.1, 0.15) is 5.82 Å². The molecule has 8 heteroatoms. The second kappa shape index (κ2) is 7.52. The van der Waals surface area contributed by atoms with E-state index in [1.165, 1.54) is 12.1 Å². The standard InChI is InChI=1S/C20H22FN3O3S/c21-16-6-4-5-14(9-16)12-22-20(25)24-13-15-10-18(19(24)11-15)23-28(26,27)17-7-2-1-3-8-17/h1-9,15,18-19,23H,10-13H2,(H,22,25)/t15-,18+,19-/m1/s1. The third-order valence-corrected chi connectivity index (χ3v) is 6.94. The van der Waals surface area contributed by atoms with Gasteiger partial charge < -0.3 is 10.2 Å². The molecule has 28 heavy (non-hydrogen) atoms. The molecule has 2 aromatic carbocycles. The summed E-state index contributed by atoms with van der Waals surface area (Å²) in [5.74, 6) is -0.0595. The highest BCUT2D eigenvalue weighted by molar-refractivity contribution is 7.89. The number of urea groups is 1. The fourth-order valence-electron chi connectivity index (χ4n) is 4.18. The summed E-state index contributed by atoms with van der Waals surface area (Å²) >= 11 is 0. The molecule has 1 aliphatic heterocycles. The summed E-state index contributed by atoms with van der Waals surface area (Å²) in [5.41, 5.74) is 0.680. The summed E-state index contributed by atoms with van der Waals surface area (Å²) < 4.78 is 41.3. The Balaban J connectivity index is 1.40. The molecule has 1 saturated carbocycles. The summed E-state index contributed by atoms with van der Waals surface area (Å²) in [4.78, 5) is 14.5. The average molecular weight is 403 g/mol. The van der Waals surface area contributed by atoms with Crippen molar-refractivity contribution in [2.24, 2.45) is 5.92 Å². The SMILES string of the molecule is O=C(NCc1cccc(F)c1)N1C[C@@H]2C[C@H](NS(=O)(=O)c3ccccc3)[C@H]1C2. The molecule has 0 radical (unpaired) electrons. The number of halogens is 1. The largest absolute Gasteiger partial charge is 0.334 e. The molecule has 1 aliphatic carbocycles. The molecule has 0 spiro atoms. The number of benzene rings is 2. The average Bonchev–Trinajstić information content (AvgIpc) is 3.27. The van der Waals surface area contributed by atoms with E-state index in [2.05, 4.69) is 10.0 Å². The smallest absolute Gasteiger partial charge is 0.317 e. The van der Waals surface area contributed by atoms with Gasteiger partial charge in [0.25, 0.3) is 0 Å². The fourth-order valence-corrected chi connectivity index (χ4v) is 5.48. The van der Waals surface area contributed by atoms with E-state index in [0.29, 0.717) is 12.1 Å². The first kappa shape index (κ1) is 18.9. The predicted molar refractivity (Wildman–Crippen MR) is 102 cm³/mol. The lowest BCUT2D eigenvalue weighted by Gasteiger charge is -2.33. The Kier molecular flexibility index (Phi) is 5.07. The van der Waals surface area contributed by atoms with Gasteiger partial charge in [0.15, 0.2) is 0 Å². The zero-order valence-electron chi connectivity index (χ0n) is 15.2. The Bertz CT molecular complexity index is 968. The van der Waals surface area contributed by atoms with Crippen LogP contribution in [0.25, 0.3) is 0 Å².